The number of ether oxygens (including phenoxy) is 3. The highest BCUT2D eigenvalue weighted by Gasteiger charge is 2.74. The van der Waals surface area contributed by atoms with Crippen molar-refractivity contribution in [3.8, 4) is 5.75 Å². The van der Waals surface area contributed by atoms with E-state index in [1.165, 1.54) is 0 Å². The molecule has 0 radical (unpaired) electrons. The number of rotatable bonds is 9. The highest BCUT2D eigenvalue weighted by molar-refractivity contribution is 6.13. The van der Waals surface area contributed by atoms with Gasteiger partial charge in [-0.15, -0.1) is 0 Å². The summed E-state index contributed by atoms with van der Waals surface area (Å²) in [6.45, 7) is 2.81. The molecule has 3 fully saturated rings. The minimum atomic E-state index is -1.58. The number of nitrogens with one attached hydrogen (secondary N) is 2. The second-order valence-corrected chi connectivity index (χ2v) is 14.5. The van der Waals surface area contributed by atoms with Crippen LogP contribution in [0.5, 0.6) is 5.75 Å². The number of cyclic esters (lactones) is 1. The van der Waals surface area contributed by atoms with Gasteiger partial charge in [-0.25, -0.2) is 0 Å². The monoisotopic (exact) mass is 750 g/mol. The number of esters is 1. The number of nitrogens with zero attached hydrogens (tertiary/aromatic N) is 2. The molecule has 4 aliphatic rings. The molecule has 0 saturated carbocycles. The number of amides is 2. The number of anilines is 3. The van der Waals surface area contributed by atoms with E-state index >= 15 is 9.59 Å². The van der Waals surface area contributed by atoms with Gasteiger partial charge in [-0.2, -0.15) is 0 Å². The second kappa shape index (κ2) is 14.9. The molecule has 6 atom stereocenters. The van der Waals surface area contributed by atoms with E-state index in [4.69, 9.17) is 14.2 Å². The van der Waals surface area contributed by atoms with E-state index in [1.54, 1.807) is 12.1 Å². The normalized spacial score (nSPS) is 25.6. The van der Waals surface area contributed by atoms with Crippen LogP contribution in [0.15, 0.2) is 133 Å². The summed E-state index contributed by atoms with van der Waals surface area (Å²) in [5.41, 5.74) is 3.56. The Hall–Kier alpha value is -6.01. The van der Waals surface area contributed by atoms with Crippen LogP contribution < -0.4 is 20.3 Å². The van der Waals surface area contributed by atoms with Gasteiger partial charge in [0, 0.05) is 30.2 Å². The molecule has 9 rings (SSSR count). The number of hydrogen-bond donors (Lipinski definition) is 3. The van der Waals surface area contributed by atoms with Crippen LogP contribution >= 0.6 is 0 Å². The standard InChI is InChI=1S/C45H42N4O7/c50-25-28-55-34-21-15-31(16-22-34)41-45(35-13-7-8-14-36(35)47-44(45)53)37(42(51)46-32-17-19-33(20-18-32)48-23-26-54-27-24-48)39-43(52)56-40(30-11-5-2-6-12-30)38(49(39)41)29-9-3-1-4-10-29/h1-22,37-41,50H,23-28H2,(H,46,51)(H,47,53)/t37-,38-,39-,40+,41+,45-/m1/s1. The number of carbonyl (C=O) groups excluding carboxylic acids is 3. The maximum Gasteiger partial charge on any atom is 0.324 e. The first-order valence-electron chi connectivity index (χ1n) is 19.0. The zero-order chi connectivity index (χ0) is 38.2. The number of hydrogen-bond acceptors (Lipinski definition) is 9. The van der Waals surface area contributed by atoms with Crippen molar-refractivity contribution >= 4 is 34.8 Å². The maximum atomic E-state index is 15.3. The van der Waals surface area contributed by atoms with Gasteiger partial charge >= 0.3 is 5.97 Å². The van der Waals surface area contributed by atoms with Gasteiger partial charge in [0.05, 0.1) is 37.8 Å². The number of aliphatic hydroxyl groups is 1. The molecular weight excluding hydrogens is 709 g/mol. The van der Waals surface area contributed by atoms with Crippen LogP contribution in [0.1, 0.15) is 40.4 Å². The van der Waals surface area contributed by atoms with Crippen LogP contribution in [0.25, 0.3) is 0 Å². The van der Waals surface area contributed by atoms with E-state index in [0.717, 1.165) is 29.9 Å². The third-order valence-corrected chi connectivity index (χ3v) is 11.6. The van der Waals surface area contributed by atoms with E-state index in [0.29, 0.717) is 41.5 Å². The molecule has 1 spiro atoms. The number of para-hydroxylation sites is 1. The predicted molar refractivity (Wildman–Crippen MR) is 210 cm³/mol. The van der Waals surface area contributed by atoms with Gasteiger partial charge < -0.3 is 34.9 Å². The lowest BCUT2D eigenvalue weighted by Gasteiger charge is -2.46. The Balaban J connectivity index is 1.23. The van der Waals surface area contributed by atoms with Crippen LogP contribution in [0.2, 0.25) is 0 Å². The summed E-state index contributed by atoms with van der Waals surface area (Å²) in [7, 11) is 0. The highest BCUT2D eigenvalue weighted by Crippen LogP contribution is 2.64. The van der Waals surface area contributed by atoms with Gasteiger partial charge in [-0.3, -0.25) is 19.3 Å². The lowest BCUT2D eigenvalue weighted by molar-refractivity contribution is -0.177. The third kappa shape index (κ3) is 5.99. The topological polar surface area (TPSA) is 130 Å². The SMILES string of the molecule is O=C1O[C@@H](c2ccccc2)[C@@H](c2ccccc2)N2[C@@H](c3ccc(OCCO)cc3)[C@]3(C(=O)Nc4ccccc43)[C@@H](C(=O)Nc3ccc(N4CCOCC4)cc3)[C@H]12. The van der Waals surface area contributed by atoms with E-state index in [2.05, 4.69) is 20.4 Å². The molecule has 5 aromatic rings. The van der Waals surface area contributed by atoms with Crippen molar-refractivity contribution in [1.82, 2.24) is 4.90 Å². The molecule has 5 aromatic carbocycles. The Morgan fingerprint density at radius 1 is 0.786 bits per heavy atom. The molecular formula is C45H42N4O7. The van der Waals surface area contributed by atoms with E-state index in [1.807, 2.05) is 121 Å². The first-order valence-corrected chi connectivity index (χ1v) is 19.0. The van der Waals surface area contributed by atoms with E-state index < -0.39 is 47.4 Å². The predicted octanol–water partition coefficient (Wildman–Crippen LogP) is 5.80. The van der Waals surface area contributed by atoms with Crippen LogP contribution in [0, 0.1) is 5.92 Å². The van der Waals surface area contributed by atoms with Gasteiger partial charge in [0.1, 0.15) is 29.9 Å². The third-order valence-electron chi connectivity index (χ3n) is 11.6. The first-order chi connectivity index (χ1) is 27.5. The van der Waals surface area contributed by atoms with Crippen LogP contribution in [0.3, 0.4) is 0 Å². The minimum absolute atomic E-state index is 0.118. The van der Waals surface area contributed by atoms with Gasteiger partial charge in [-0.1, -0.05) is 91.0 Å². The van der Waals surface area contributed by atoms with Crippen molar-refractivity contribution in [2.45, 2.75) is 29.6 Å². The highest BCUT2D eigenvalue weighted by atomic mass is 16.6. The molecule has 0 unspecified atom stereocenters. The maximum absolute atomic E-state index is 15.3. The van der Waals surface area contributed by atoms with E-state index in [-0.39, 0.29) is 19.1 Å². The van der Waals surface area contributed by atoms with Crippen molar-refractivity contribution in [3.63, 3.8) is 0 Å². The Morgan fingerprint density at radius 2 is 1.45 bits per heavy atom. The second-order valence-electron chi connectivity index (χ2n) is 14.5. The average Bonchev–Trinajstić information content (AvgIpc) is 3.73. The van der Waals surface area contributed by atoms with Gasteiger partial charge in [0.25, 0.3) is 0 Å². The fraction of sp³-hybridized carbons (Fsp3) is 0.267. The lowest BCUT2D eigenvalue weighted by atomic mass is 9.65. The number of benzene rings is 5. The summed E-state index contributed by atoms with van der Waals surface area (Å²) in [5.74, 6) is -2.13. The number of aliphatic hydroxyl groups excluding tert-OH is 1. The van der Waals surface area contributed by atoms with Gasteiger partial charge in [0.15, 0.2) is 0 Å². The van der Waals surface area contributed by atoms with E-state index in [9.17, 15) is 9.90 Å². The Kier molecular flexibility index (Phi) is 9.50. The minimum Gasteiger partial charge on any atom is -0.491 e. The fourth-order valence-corrected chi connectivity index (χ4v) is 9.26. The Bertz CT molecular complexity index is 2210. The molecule has 2 amide bonds. The summed E-state index contributed by atoms with van der Waals surface area (Å²) >= 11 is 0. The van der Waals surface area contributed by atoms with Gasteiger partial charge in [-0.05, 0) is 64.7 Å². The largest absolute Gasteiger partial charge is 0.491 e. The molecule has 4 heterocycles. The molecule has 4 aliphatic heterocycles. The summed E-state index contributed by atoms with van der Waals surface area (Å²) in [6.07, 6.45) is -0.761. The lowest BCUT2D eigenvalue weighted by Crippen LogP contribution is -2.53. The van der Waals surface area contributed by atoms with Crippen LogP contribution in [-0.2, 0) is 29.3 Å². The van der Waals surface area contributed by atoms with Crippen LogP contribution in [-0.4, -0.2) is 73.3 Å². The van der Waals surface area contributed by atoms with Crippen molar-refractivity contribution in [3.05, 3.63) is 156 Å². The summed E-state index contributed by atoms with van der Waals surface area (Å²) in [5, 5.41) is 15.7. The van der Waals surface area contributed by atoms with Crippen molar-refractivity contribution in [1.29, 1.82) is 0 Å². The quantitative estimate of drug-likeness (QED) is 0.160. The fourth-order valence-electron chi connectivity index (χ4n) is 9.26. The summed E-state index contributed by atoms with van der Waals surface area (Å²) < 4.78 is 17.8. The summed E-state index contributed by atoms with van der Waals surface area (Å²) in [4.78, 5) is 49.6. The average molecular weight is 751 g/mol. The molecule has 0 aromatic heterocycles. The summed E-state index contributed by atoms with van der Waals surface area (Å²) in [6, 6.07) is 39.2. The zero-order valence-corrected chi connectivity index (χ0v) is 30.6. The number of morpholine rings is 2. The molecule has 3 saturated heterocycles. The van der Waals surface area contributed by atoms with Gasteiger partial charge in [0.2, 0.25) is 11.8 Å². The Labute approximate surface area is 324 Å². The number of fused-ring (bicyclic) bond motifs is 3. The first kappa shape index (κ1) is 35.7. The Morgan fingerprint density at radius 3 is 2.14 bits per heavy atom. The smallest absolute Gasteiger partial charge is 0.324 e. The molecule has 0 bridgehead atoms. The molecule has 11 heteroatoms. The van der Waals surface area contributed by atoms with Crippen molar-refractivity contribution in [2.75, 3.05) is 55.1 Å². The molecule has 3 N–H and O–H groups in total. The van der Waals surface area contributed by atoms with Crippen LogP contribution in [0.4, 0.5) is 17.1 Å². The zero-order valence-electron chi connectivity index (χ0n) is 30.6. The molecule has 284 valence electrons. The van der Waals surface area contributed by atoms with Crippen molar-refractivity contribution in [2.24, 2.45) is 5.92 Å². The molecule has 56 heavy (non-hydrogen) atoms. The molecule has 11 nitrogen and oxygen atoms in total. The number of carbonyl (C=O) groups is 3. The van der Waals surface area contributed by atoms with Crippen molar-refractivity contribution < 1.29 is 33.7 Å². The molecule has 0 aliphatic carbocycles.